The number of hydrogen-bond donors (Lipinski definition) is 1. The normalized spacial score (nSPS) is 10.3. The number of hydrogen-bond acceptors (Lipinski definition) is 5. The molecule has 94 valence electrons. The Labute approximate surface area is 102 Å². The molecule has 0 atom stereocenters. The van der Waals surface area contributed by atoms with Gasteiger partial charge in [0.25, 0.3) is 5.69 Å². The van der Waals surface area contributed by atoms with Gasteiger partial charge in [0, 0.05) is 12.1 Å². The first kappa shape index (κ1) is 12.0. The maximum Gasteiger partial charge on any atom is 0.292 e. The Bertz CT molecular complexity index is 583. The second-order valence-electron chi connectivity index (χ2n) is 3.64. The number of oxazole rings is 1. The van der Waals surface area contributed by atoms with Crippen LogP contribution in [0.2, 0.25) is 0 Å². The van der Waals surface area contributed by atoms with Gasteiger partial charge < -0.3 is 9.73 Å². The number of rotatable bonds is 4. The molecule has 0 bridgehead atoms. The Morgan fingerprint density at radius 1 is 1.56 bits per heavy atom. The molecule has 1 N–H and O–H groups in total. The van der Waals surface area contributed by atoms with E-state index in [-0.39, 0.29) is 17.9 Å². The van der Waals surface area contributed by atoms with Crippen molar-refractivity contribution in [2.45, 2.75) is 13.5 Å². The molecule has 2 aromatic rings. The van der Waals surface area contributed by atoms with Crippen molar-refractivity contribution in [2.24, 2.45) is 0 Å². The highest BCUT2D eigenvalue weighted by Gasteiger charge is 2.14. The summed E-state index contributed by atoms with van der Waals surface area (Å²) in [7, 11) is 0. The van der Waals surface area contributed by atoms with Crippen molar-refractivity contribution in [1.29, 1.82) is 0 Å². The minimum atomic E-state index is -0.581. The molecule has 1 aromatic carbocycles. The van der Waals surface area contributed by atoms with E-state index in [9.17, 15) is 14.5 Å². The smallest absolute Gasteiger partial charge is 0.292 e. The van der Waals surface area contributed by atoms with Crippen LogP contribution in [0, 0.1) is 22.9 Å². The molecule has 7 heteroatoms. The Balaban J connectivity index is 2.17. The average molecular weight is 251 g/mol. The molecule has 1 aromatic heterocycles. The highest BCUT2D eigenvalue weighted by molar-refractivity contribution is 5.61. The van der Waals surface area contributed by atoms with Crippen LogP contribution in [0.15, 0.2) is 28.8 Å². The number of aryl methyl sites for hydroxylation is 1. The van der Waals surface area contributed by atoms with E-state index in [2.05, 4.69) is 10.3 Å². The zero-order valence-corrected chi connectivity index (χ0v) is 9.51. The first-order chi connectivity index (χ1) is 8.56. The molecular weight excluding hydrogens is 241 g/mol. The van der Waals surface area contributed by atoms with Gasteiger partial charge >= 0.3 is 0 Å². The SMILES string of the molecule is Cc1cnc(CNc2cc(F)ccc2[N+](=O)[O-])o1. The van der Waals surface area contributed by atoms with Crippen molar-refractivity contribution in [1.82, 2.24) is 4.98 Å². The van der Waals surface area contributed by atoms with Crippen molar-refractivity contribution in [3.8, 4) is 0 Å². The summed E-state index contributed by atoms with van der Waals surface area (Å²) in [5.41, 5.74) is -0.101. The summed E-state index contributed by atoms with van der Waals surface area (Å²) >= 11 is 0. The van der Waals surface area contributed by atoms with Crippen LogP contribution in [-0.4, -0.2) is 9.91 Å². The third-order valence-electron chi connectivity index (χ3n) is 2.25. The standard InChI is InChI=1S/C11H10FN3O3/c1-7-5-14-11(18-7)6-13-9-4-8(12)2-3-10(9)15(16)17/h2-5,13H,6H2,1H3. The van der Waals surface area contributed by atoms with E-state index >= 15 is 0 Å². The van der Waals surface area contributed by atoms with Crippen LogP contribution in [0.25, 0.3) is 0 Å². The number of halogens is 1. The van der Waals surface area contributed by atoms with Crippen LogP contribution in [0.1, 0.15) is 11.7 Å². The van der Waals surface area contributed by atoms with Crippen LogP contribution < -0.4 is 5.32 Å². The number of aromatic nitrogens is 1. The van der Waals surface area contributed by atoms with Crippen molar-refractivity contribution in [3.63, 3.8) is 0 Å². The summed E-state index contributed by atoms with van der Waals surface area (Å²) in [6.45, 7) is 1.89. The lowest BCUT2D eigenvalue weighted by atomic mass is 10.2. The predicted octanol–water partition coefficient (Wildman–Crippen LogP) is 2.64. The number of nitro groups is 1. The third-order valence-corrected chi connectivity index (χ3v) is 2.25. The summed E-state index contributed by atoms with van der Waals surface area (Å²) < 4.78 is 18.2. The lowest BCUT2D eigenvalue weighted by Gasteiger charge is -2.04. The van der Waals surface area contributed by atoms with Gasteiger partial charge in [-0.05, 0) is 13.0 Å². The summed E-state index contributed by atoms with van der Waals surface area (Å²) in [5, 5.41) is 13.5. The molecule has 0 saturated carbocycles. The fraction of sp³-hybridized carbons (Fsp3) is 0.182. The zero-order chi connectivity index (χ0) is 13.1. The first-order valence-electron chi connectivity index (χ1n) is 5.15. The van der Waals surface area contributed by atoms with Gasteiger partial charge in [-0.1, -0.05) is 0 Å². The van der Waals surface area contributed by atoms with E-state index in [1.165, 1.54) is 6.20 Å². The number of nitrogens with zero attached hydrogens (tertiary/aromatic N) is 2. The van der Waals surface area contributed by atoms with Crippen LogP contribution in [0.3, 0.4) is 0 Å². The summed E-state index contributed by atoms with van der Waals surface area (Å²) in [5.74, 6) is 0.471. The highest BCUT2D eigenvalue weighted by atomic mass is 19.1. The summed E-state index contributed by atoms with van der Waals surface area (Å²) in [6, 6.07) is 3.21. The quantitative estimate of drug-likeness (QED) is 0.667. The molecule has 0 radical (unpaired) electrons. The molecule has 0 amide bonds. The number of benzene rings is 1. The lowest BCUT2D eigenvalue weighted by Crippen LogP contribution is -2.03. The van der Waals surface area contributed by atoms with Crippen molar-refractivity contribution in [3.05, 3.63) is 52.0 Å². The Morgan fingerprint density at radius 2 is 2.33 bits per heavy atom. The van der Waals surface area contributed by atoms with Crippen molar-refractivity contribution >= 4 is 11.4 Å². The number of anilines is 1. The largest absolute Gasteiger partial charge is 0.444 e. The van der Waals surface area contributed by atoms with Crippen LogP contribution in [-0.2, 0) is 6.54 Å². The second-order valence-corrected chi connectivity index (χ2v) is 3.64. The molecule has 1 heterocycles. The van der Waals surface area contributed by atoms with Gasteiger partial charge in [-0.3, -0.25) is 10.1 Å². The summed E-state index contributed by atoms with van der Waals surface area (Å²) in [6.07, 6.45) is 1.54. The number of nitrogens with one attached hydrogen (secondary N) is 1. The fourth-order valence-electron chi connectivity index (χ4n) is 1.46. The predicted molar refractivity (Wildman–Crippen MR) is 61.6 cm³/mol. The Kier molecular flexibility index (Phi) is 3.22. The fourth-order valence-corrected chi connectivity index (χ4v) is 1.46. The van der Waals surface area contributed by atoms with Gasteiger partial charge in [0.05, 0.1) is 17.7 Å². The molecule has 0 aliphatic carbocycles. The zero-order valence-electron chi connectivity index (χ0n) is 9.51. The molecule has 0 fully saturated rings. The van der Waals surface area contributed by atoms with Gasteiger partial charge in [-0.25, -0.2) is 9.37 Å². The first-order valence-corrected chi connectivity index (χ1v) is 5.15. The van der Waals surface area contributed by atoms with E-state index in [4.69, 9.17) is 4.42 Å². The molecular formula is C11H10FN3O3. The van der Waals surface area contributed by atoms with Gasteiger partial charge in [0.2, 0.25) is 5.89 Å². The molecule has 0 unspecified atom stereocenters. The highest BCUT2D eigenvalue weighted by Crippen LogP contribution is 2.25. The van der Waals surface area contributed by atoms with Gasteiger partial charge in [-0.15, -0.1) is 0 Å². The van der Waals surface area contributed by atoms with E-state index in [1.807, 2.05) is 0 Å². The molecule has 0 aliphatic heterocycles. The minimum Gasteiger partial charge on any atom is -0.444 e. The van der Waals surface area contributed by atoms with Crippen molar-refractivity contribution < 1.29 is 13.7 Å². The van der Waals surface area contributed by atoms with Crippen LogP contribution >= 0.6 is 0 Å². The topological polar surface area (TPSA) is 81.2 Å². The van der Waals surface area contributed by atoms with Gasteiger partial charge in [-0.2, -0.15) is 0 Å². The molecule has 18 heavy (non-hydrogen) atoms. The van der Waals surface area contributed by atoms with Gasteiger partial charge in [0.1, 0.15) is 17.3 Å². The Hall–Kier alpha value is -2.44. The maximum absolute atomic E-state index is 13.0. The van der Waals surface area contributed by atoms with Crippen LogP contribution in [0.4, 0.5) is 15.8 Å². The van der Waals surface area contributed by atoms with E-state index in [1.54, 1.807) is 6.92 Å². The maximum atomic E-state index is 13.0. The summed E-state index contributed by atoms with van der Waals surface area (Å²) in [4.78, 5) is 14.1. The molecule has 0 aliphatic rings. The average Bonchev–Trinajstić information content (AvgIpc) is 2.72. The molecule has 0 spiro atoms. The number of nitro benzene ring substituents is 1. The molecule has 0 saturated heterocycles. The third kappa shape index (κ3) is 2.62. The molecule has 6 nitrogen and oxygen atoms in total. The van der Waals surface area contributed by atoms with E-state index in [0.717, 1.165) is 18.2 Å². The van der Waals surface area contributed by atoms with E-state index < -0.39 is 10.7 Å². The van der Waals surface area contributed by atoms with Crippen molar-refractivity contribution in [2.75, 3.05) is 5.32 Å². The Morgan fingerprint density at radius 3 is 2.94 bits per heavy atom. The minimum absolute atomic E-state index is 0.0934. The van der Waals surface area contributed by atoms with Crippen LogP contribution in [0.5, 0.6) is 0 Å². The van der Waals surface area contributed by atoms with E-state index in [0.29, 0.717) is 11.7 Å². The monoisotopic (exact) mass is 251 g/mol. The lowest BCUT2D eigenvalue weighted by molar-refractivity contribution is -0.384. The van der Waals surface area contributed by atoms with Gasteiger partial charge in [0.15, 0.2) is 0 Å². The second kappa shape index (κ2) is 4.82. The molecule has 2 rings (SSSR count).